The molecule has 1 aliphatic heterocycles. The zero-order valence-electron chi connectivity index (χ0n) is 20.4. The van der Waals surface area contributed by atoms with Crippen LogP contribution < -0.4 is 21.3 Å². The number of hydrogen-bond acceptors (Lipinski definition) is 8. The van der Waals surface area contributed by atoms with Gasteiger partial charge in [0.15, 0.2) is 0 Å². The minimum atomic E-state index is -0.639. The number of carbonyl (C=O) groups excluding carboxylic acids is 1. The number of carbonyl (C=O) groups is 1. The Kier molecular flexibility index (Phi) is 6.55. The fourth-order valence-corrected chi connectivity index (χ4v) is 4.35. The quantitative estimate of drug-likeness (QED) is 0.325. The number of amides is 1. The molecule has 9 nitrogen and oxygen atoms in total. The molecule has 0 bridgehead atoms. The first-order valence-electron chi connectivity index (χ1n) is 12.2. The Morgan fingerprint density at radius 2 is 2.00 bits per heavy atom. The molecular formula is C26H30FN7O2. The van der Waals surface area contributed by atoms with Crippen LogP contribution in [0.25, 0.3) is 0 Å². The second kappa shape index (κ2) is 9.79. The third kappa shape index (κ3) is 5.00. The number of halogens is 1. The van der Waals surface area contributed by atoms with E-state index in [1.807, 2.05) is 19.9 Å². The zero-order chi connectivity index (χ0) is 25.3. The SMILES string of the molecule is CC(C)NC(=O)c1cnc(Nc2ccc3c(c2)CCNC3)nc1Nc1ccc(F)c(C2(CO)CC2)n1. The molecule has 1 aliphatic carbocycles. The lowest BCUT2D eigenvalue weighted by atomic mass is 10.0. The molecule has 2 aromatic heterocycles. The number of nitrogens with one attached hydrogen (secondary N) is 4. The van der Waals surface area contributed by atoms with Crippen molar-refractivity contribution in [2.45, 2.75) is 51.1 Å². The van der Waals surface area contributed by atoms with Crippen LogP contribution in [-0.2, 0) is 18.4 Å². The normalized spacial score (nSPS) is 15.8. The molecule has 0 atom stereocenters. The van der Waals surface area contributed by atoms with Crippen LogP contribution in [0, 0.1) is 5.82 Å². The molecule has 1 saturated carbocycles. The Labute approximate surface area is 209 Å². The van der Waals surface area contributed by atoms with E-state index in [0.717, 1.165) is 25.2 Å². The van der Waals surface area contributed by atoms with E-state index in [4.69, 9.17) is 0 Å². The molecule has 3 heterocycles. The van der Waals surface area contributed by atoms with Crippen molar-refractivity contribution in [1.82, 2.24) is 25.6 Å². The maximum absolute atomic E-state index is 14.5. The lowest BCUT2D eigenvalue weighted by molar-refractivity contribution is 0.0943. The highest BCUT2D eigenvalue weighted by molar-refractivity contribution is 5.99. The summed E-state index contributed by atoms with van der Waals surface area (Å²) < 4.78 is 14.5. The number of hydrogen-bond donors (Lipinski definition) is 5. The van der Waals surface area contributed by atoms with Gasteiger partial charge in [-0.15, -0.1) is 0 Å². The van der Waals surface area contributed by atoms with Gasteiger partial charge in [-0.25, -0.2) is 14.4 Å². The van der Waals surface area contributed by atoms with E-state index >= 15 is 0 Å². The van der Waals surface area contributed by atoms with Crippen molar-refractivity contribution in [3.05, 3.63) is 64.7 Å². The van der Waals surface area contributed by atoms with Crippen molar-refractivity contribution in [3.63, 3.8) is 0 Å². The molecule has 188 valence electrons. The van der Waals surface area contributed by atoms with Crippen LogP contribution in [0.4, 0.5) is 27.7 Å². The first-order valence-corrected chi connectivity index (χ1v) is 12.2. The Hall–Kier alpha value is -3.63. The fourth-order valence-electron chi connectivity index (χ4n) is 4.35. The number of nitrogens with zero attached hydrogens (tertiary/aromatic N) is 3. The van der Waals surface area contributed by atoms with Crippen molar-refractivity contribution in [2.75, 3.05) is 23.8 Å². The molecule has 0 spiro atoms. The van der Waals surface area contributed by atoms with E-state index in [1.54, 1.807) is 0 Å². The van der Waals surface area contributed by atoms with E-state index in [9.17, 15) is 14.3 Å². The van der Waals surface area contributed by atoms with Crippen LogP contribution in [0.5, 0.6) is 0 Å². The lowest BCUT2D eigenvalue weighted by Gasteiger charge is -2.18. The van der Waals surface area contributed by atoms with Crippen LogP contribution in [0.3, 0.4) is 0 Å². The number of anilines is 4. The second-order valence-electron chi connectivity index (χ2n) is 9.71. The summed E-state index contributed by atoms with van der Waals surface area (Å²) in [7, 11) is 0. The van der Waals surface area contributed by atoms with Gasteiger partial charge < -0.3 is 26.4 Å². The smallest absolute Gasteiger partial charge is 0.256 e. The maximum Gasteiger partial charge on any atom is 0.256 e. The summed E-state index contributed by atoms with van der Waals surface area (Å²) in [5.74, 6) is 0.0837. The second-order valence-corrected chi connectivity index (χ2v) is 9.71. The third-order valence-electron chi connectivity index (χ3n) is 6.55. The number of rotatable bonds is 8. The minimum absolute atomic E-state index is 0.0806. The summed E-state index contributed by atoms with van der Waals surface area (Å²) in [4.78, 5) is 26.2. The average Bonchev–Trinajstić information content (AvgIpc) is 3.66. The number of pyridine rings is 1. The topological polar surface area (TPSA) is 124 Å². The molecule has 5 rings (SSSR count). The Morgan fingerprint density at radius 1 is 1.17 bits per heavy atom. The summed E-state index contributed by atoms with van der Waals surface area (Å²) in [5, 5.41) is 22.3. The number of aliphatic hydroxyl groups excluding tert-OH is 1. The molecule has 10 heteroatoms. The van der Waals surface area contributed by atoms with Gasteiger partial charge in [0.05, 0.1) is 12.3 Å². The first-order chi connectivity index (χ1) is 17.4. The molecule has 0 saturated heterocycles. The van der Waals surface area contributed by atoms with Gasteiger partial charge in [0.25, 0.3) is 5.91 Å². The summed E-state index contributed by atoms with van der Waals surface area (Å²) in [6.45, 7) is 5.35. The van der Waals surface area contributed by atoms with Gasteiger partial charge in [0.2, 0.25) is 5.95 Å². The monoisotopic (exact) mass is 491 g/mol. The Morgan fingerprint density at radius 3 is 2.75 bits per heavy atom. The number of benzene rings is 1. The Balaban J connectivity index is 1.46. The molecular weight excluding hydrogens is 461 g/mol. The number of aliphatic hydroxyl groups is 1. The van der Waals surface area contributed by atoms with Crippen LogP contribution in [0.2, 0.25) is 0 Å². The van der Waals surface area contributed by atoms with Crippen molar-refractivity contribution < 1.29 is 14.3 Å². The minimum Gasteiger partial charge on any atom is -0.395 e. The summed E-state index contributed by atoms with van der Waals surface area (Å²) in [6.07, 6.45) is 3.76. The molecule has 3 aromatic rings. The van der Waals surface area contributed by atoms with E-state index in [2.05, 4.69) is 48.4 Å². The highest BCUT2D eigenvalue weighted by Crippen LogP contribution is 2.48. The van der Waals surface area contributed by atoms with Gasteiger partial charge in [0.1, 0.15) is 23.0 Å². The van der Waals surface area contributed by atoms with Crippen molar-refractivity contribution in [2.24, 2.45) is 0 Å². The van der Waals surface area contributed by atoms with E-state index in [1.165, 1.54) is 29.5 Å². The first kappa shape index (κ1) is 24.1. The molecule has 36 heavy (non-hydrogen) atoms. The summed E-state index contributed by atoms with van der Waals surface area (Å²) in [5.41, 5.74) is 3.21. The molecule has 1 aromatic carbocycles. The van der Waals surface area contributed by atoms with E-state index < -0.39 is 11.2 Å². The standard InChI is InChI=1S/C26H30FN7O2/c1-15(2)30-24(36)19-13-29-25(31-18-4-3-17-12-28-10-7-16(17)11-18)34-23(19)33-21-6-5-20(27)22(32-21)26(14-35)8-9-26/h3-6,11,13,15,28,35H,7-10,12,14H2,1-2H3,(H,30,36)(H2,29,31,32,33,34). The van der Waals surface area contributed by atoms with E-state index in [-0.39, 0.29) is 35.6 Å². The van der Waals surface area contributed by atoms with Crippen LogP contribution in [0.1, 0.15) is 53.9 Å². The van der Waals surface area contributed by atoms with Gasteiger partial charge in [0, 0.05) is 29.9 Å². The molecule has 1 fully saturated rings. The molecule has 2 aliphatic rings. The zero-order valence-corrected chi connectivity index (χ0v) is 20.4. The van der Waals surface area contributed by atoms with E-state index in [0.29, 0.717) is 24.6 Å². The molecule has 5 N–H and O–H groups in total. The molecule has 0 unspecified atom stereocenters. The highest BCUT2D eigenvalue weighted by Gasteiger charge is 2.47. The Bertz CT molecular complexity index is 1290. The fraction of sp³-hybridized carbons (Fsp3) is 0.385. The van der Waals surface area contributed by atoms with Crippen LogP contribution in [0.15, 0.2) is 36.5 Å². The van der Waals surface area contributed by atoms with Crippen molar-refractivity contribution in [1.29, 1.82) is 0 Å². The molecule has 1 amide bonds. The van der Waals surface area contributed by atoms with Gasteiger partial charge in [-0.3, -0.25) is 4.79 Å². The molecule has 0 radical (unpaired) electrons. The van der Waals surface area contributed by atoms with Gasteiger partial charge >= 0.3 is 0 Å². The summed E-state index contributed by atoms with van der Waals surface area (Å²) in [6, 6.07) is 8.86. The number of fused-ring (bicyclic) bond motifs is 1. The van der Waals surface area contributed by atoms with Crippen molar-refractivity contribution in [3.8, 4) is 0 Å². The largest absolute Gasteiger partial charge is 0.395 e. The van der Waals surface area contributed by atoms with Gasteiger partial charge in [-0.1, -0.05) is 6.07 Å². The third-order valence-corrected chi connectivity index (χ3v) is 6.55. The summed E-state index contributed by atoms with van der Waals surface area (Å²) >= 11 is 0. The predicted octanol–water partition coefficient (Wildman–Crippen LogP) is 3.31. The lowest BCUT2D eigenvalue weighted by Crippen LogP contribution is -2.31. The number of aromatic nitrogens is 3. The maximum atomic E-state index is 14.5. The van der Waals surface area contributed by atoms with Crippen molar-refractivity contribution >= 4 is 29.2 Å². The van der Waals surface area contributed by atoms with Gasteiger partial charge in [-0.05, 0) is 75.0 Å². The van der Waals surface area contributed by atoms with Crippen LogP contribution in [-0.4, -0.2) is 45.2 Å². The highest BCUT2D eigenvalue weighted by atomic mass is 19.1. The average molecular weight is 492 g/mol. The van der Waals surface area contributed by atoms with Gasteiger partial charge in [-0.2, -0.15) is 4.98 Å². The predicted molar refractivity (Wildman–Crippen MR) is 135 cm³/mol. The van der Waals surface area contributed by atoms with Crippen LogP contribution >= 0.6 is 0 Å².